The zero-order chi connectivity index (χ0) is 17.6. The van der Waals surface area contributed by atoms with Gasteiger partial charge in [0.15, 0.2) is 5.96 Å². The maximum atomic E-state index is 5.98. The van der Waals surface area contributed by atoms with E-state index in [1.807, 2.05) is 12.1 Å². The molecular formula is C19H33IN4O. The fourth-order valence-electron chi connectivity index (χ4n) is 3.12. The van der Waals surface area contributed by atoms with Crippen LogP contribution in [-0.2, 0) is 6.42 Å². The number of fused-ring (bicyclic) bond motifs is 1. The third-order valence-corrected chi connectivity index (χ3v) is 3.96. The van der Waals surface area contributed by atoms with Gasteiger partial charge in [-0.2, -0.15) is 0 Å². The first-order chi connectivity index (χ1) is 11.4. The van der Waals surface area contributed by atoms with Gasteiger partial charge >= 0.3 is 0 Å². The van der Waals surface area contributed by atoms with Gasteiger partial charge in [-0.05, 0) is 38.1 Å². The minimum Gasteiger partial charge on any atom is -0.488 e. The van der Waals surface area contributed by atoms with Gasteiger partial charge in [-0.3, -0.25) is 4.99 Å². The van der Waals surface area contributed by atoms with Crippen LogP contribution in [0.25, 0.3) is 0 Å². The van der Waals surface area contributed by atoms with Gasteiger partial charge in [0.05, 0.1) is 6.54 Å². The van der Waals surface area contributed by atoms with Crippen molar-refractivity contribution in [3.8, 4) is 5.75 Å². The zero-order valence-corrected chi connectivity index (χ0v) is 18.5. The topological polar surface area (TPSA) is 48.9 Å². The molecule has 0 saturated carbocycles. The Morgan fingerprint density at radius 1 is 1.28 bits per heavy atom. The van der Waals surface area contributed by atoms with Crippen LogP contribution in [0.4, 0.5) is 0 Å². The molecule has 2 rings (SSSR count). The van der Waals surface area contributed by atoms with Gasteiger partial charge in [0.2, 0.25) is 0 Å². The highest BCUT2D eigenvalue weighted by atomic mass is 127. The van der Waals surface area contributed by atoms with Gasteiger partial charge in [-0.25, -0.2) is 0 Å². The average molecular weight is 460 g/mol. The van der Waals surface area contributed by atoms with E-state index in [1.165, 1.54) is 5.56 Å². The van der Waals surface area contributed by atoms with Crippen LogP contribution in [0.15, 0.2) is 29.3 Å². The normalized spacial score (nSPS) is 16.9. The molecule has 1 aliphatic heterocycles. The van der Waals surface area contributed by atoms with Gasteiger partial charge in [0, 0.05) is 26.1 Å². The summed E-state index contributed by atoms with van der Waals surface area (Å²) in [6, 6.07) is 8.26. The lowest BCUT2D eigenvalue weighted by molar-refractivity contribution is 0.234. The van der Waals surface area contributed by atoms with Crippen LogP contribution in [0.5, 0.6) is 5.75 Å². The maximum absolute atomic E-state index is 5.98. The van der Waals surface area contributed by atoms with Crippen LogP contribution in [0, 0.1) is 5.41 Å². The molecular weight excluding hydrogens is 427 g/mol. The number of aliphatic imine (C=N–C) groups is 1. The van der Waals surface area contributed by atoms with Crippen molar-refractivity contribution in [3.05, 3.63) is 29.8 Å². The van der Waals surface area contributed by atoms with Crippen LogP contribution in [0.1, 0.15) is 26.3 Å². The van der Waals surface area contributed by atoms with Crippen molar-refractivity contribution in [2.45, 2.75) is 33.3 Å². The van der Waals surface area contributed by atoms with Gasteiger partial charge < -0.3 is 20.3 Å². The number of rotatable bonds is 7. The van der Waals surface area contributed by atoms with E-state index in [-0.39, 0.29) is 35.5 Å². The molecule has 0 fully saturated rings. The molecule has 1 atom stereocenters. The van der Waals surface area contributed by atoms with Crippen LogP contribution >= 0.6 is 24.0 Å². The number of guanidine groups is 1. The Balaban J connectivity index is 0.00000312. The smallest absolute Gasteiger partial charge is 0.191 e. The summed E-state index contributed by atoms with van der Waals surface area (Å²) in [5.74, 6) is 1.88. The number of nitrogens with zero attached hydrogens (tertiary/aromatic N) is 2. The Labute approximate surface area is 169 Å². The molecule has 25 heavy (non-hydrogen) atoms. The summed E-state index contributed by atoms with van der Waals surface area (Å²) in [6.45, 7) is 9.99. The van der Waals surface area contributed by atoms with Gasteiger partial charge in [0.1, 0.15) is 11.9 Å². The Morgan fingerprint density at radius 3 is 2.64 bits per heavy atom. The van der Waals surface area contributed by atoms with E-state index >= 15 is 0 Å². The minimum absolute atomic E-state index is 0. The second-order valence-corrected chi connectivity index (χ2v) is 7.53. The molecule has 1 aromatic rings. The third-order valence-electron chi connectivity index (χ3n) is 3.96. The molecule has 1 aliphatic rings. The van der Waals surface area contributed by atoms with E-state index in [4.69, 9.17) is 9.73 Å². The summed E-state index contributed by atoms with van der Waals surface area (Å²) < 4.78 is 5.98. The summed E-state index contributed by atoms with van der Waals surface area (Å²) in [7, 11) is 4.20. The first-order valence-corrected chi connectivity index (χ1v) is 8.81. The monoisotopic (exact) mass is 460 g/mol. The number of ether oxygens (including phenoxy) is 1. The molecule has 2 N–H and O–H groups in total. The molecule has 142 valence electrons. The number of para-hydroxylation sites is 1. The highest BCUT2D eigenvalue weighted by molar-refractivity contribution is 14.0. The van der Waals surface area contributed by atoms with E-state index in [0.717, 1.165) is 44.3 Å². The van der Waals surface area contributed by atoms with Crippen LogP contribution in [0.2, 0.25) is 0 Å². The van der Waals surface area contributed by atoms with E-state index in [1.54, 1.807) is 0 Å². The van der Waals surface area contributed by atoms with Crippen LogP contribution in [0.3, 0.4) is 0 Å². The minimum atomic E-state index is 0. The van der Waals surface area contributed by atoms with Crippen molar-refractivity contribution in [1.29, 1.82) is 0 Å². The van der Waals surface area contributed by atoms with Crippen molar-refractivity contribution in [1.82, 2.24) is 15.5 Å². The lowest BCUT2D eigenvalue weighted by Crippen LogP contribution is -2.43. The average Bonchev–Trinajstić information content (AvgIpc) is 2.91. The highest BCUT2D eigenvalue weighted by Crippen LogP contribution is 2.27. The molecule has 0 spiro atoms. The summed E-state index contributed by atoms with van der Waals surface area (Å²) in [6.07, 6.45) is 1.12. The quantitative estimate of drug-likeness (QED) is 0.373. The molecule has 0 bridgehead atoms. The molecule has 0 saturated heterocycles. The molecule has 1 heterocycles. The molecule has 1 unspecified atom stereocenters. The van der Waals surface area contributed by atoms with Crippen molar-refractivity contribution in [2.24, 2.45) is 10.4 Å². The number of hydrogen-bond acceptors (Lipinski definition) is 3. The number of hydrogen-bond donors (Lipinski definition) is 2. The Morgan fingerprint density at radius 2 is 2.00 bits per heavy atom. The van der Waals surface area contributed by atoms with Gasteiger partial charge in [-0.1, -0.05) is 32.0 Å². The molecule has 1 aromatic carbocycles. The number of benzene rings is 1. The molecule has 0 amide bonds. The lowest BCUT2D eigenvalue weighted by atomic mass is 9.93. The molecule has 0 aliphatic carbocycles. The SMILES string of the molecule is CCNC(=NCC(C)(C)CN(C)C)NCC1Cc2ccccc2O1.I. The third kappa shape index (κ3) is 7.40. The standard InChI is InChI=1S/C19H32N4O.HI/c1-6-20-18(22-13-19(2,3)14-23(4)5)21-12-16-11-15-9-7-8-10-17(15)24-16;/h7-10,16H,6,11-14H2,1-5H3,(H2,20,21,22);1H. The van der Waals surface area contributed by atoms with Gasteiger partial charge in [0.25, 0.3) is 0 Å². The lowest BCUT2D eigenvalue weighted by Gasteiger charge is -2.27. The largest absolute Gasteiger partial charge is 0.488 e. The van der Waals surface area contributed by atoms with Crippen molar-refractivity contribution in [2.75, 3.05) is 40.3 Å². The Kier molecular flexibility index (Phi) is 8.99. The zero-order valence-electron chi connectivity index (χ0n) is 16.1. The van der Waals surface area contributed by atoms with Crippen molar-refractivity contribution in [3.63, 3.8) is 0 Å². The molecule has 6 heteroatoms. The fraction of sp³-hybridized carbons (Fsp3) is 0.632. The summed E-state index contributed by atoms with van der Waals surface area (Å²) >= 11 is 0. The van der Waals surface area contributed by atoms with E-state index in [9.17, 15) is 0 Å². The second kappa shape index (κ2) is 10.2. The summed E-state index contributed by atoms with van der Waals surface area (Å²) in [5, 5.41) is 6.75. The summed E-state index contributed by atoms with van der Waals surface area (Å²) in [4.78, 5) is 6.97. The van der Waals surface area contributed by atoms with Crippen LogP contribution in [-0.4, -0.2) is 57.2 Å². The Hall–Kier alpha value is -1.02. The number of halogens is 1. The second-order valence-electron chi connectivity index (χ2n) is 7.53. The Bertz CT molecular complexity index is 535. The van der Waals surface area contributed by atoms with Crippen molar-refractivity contribution >= 4 is 29.9 Å². The van der Waals surface area contributed by atoms with E-state index in [2.05, 4.69) is 62.5 Å². The summed E-state index contributed by atoms with van der Waals surface area (Å²) in [5.41, 5.74) is 1.43. The number of nitrogens with one attached hydrogen (secondary N) is 2. The van der Waals surface area contributed by atoms with Crippen LogP contribution < -0.4 is 15.4 Å². The van der Waals surface area contributed by atoms with E-state index < -0.39 is 0 Å². The first kappa shape index (κ1) is 22.0. The predicted octanol–water partition coefficient (Wildman–Crippen LogP) is 2.75. The highest BCUT2D eigenvalue weighted by Gasteiger charge is 2.23. The van der Waals surface area contributed by atoms with Crippen molar-refractivity contribution < 1.29 is 4.74 Å². The first-order valence-electron chi connectivity index (χ1n) is 8.81. The van der Waals surface area contributed by atoms with E-state index in [0.29, 0.717) is 0 Å². The fourth-order valence-corrected chi connectivity index (χ4v) is 3.12. The predicted molar refractivity (Wildman–Crippen MR) is 116 cm³/mol. The molecule has 0 radical (unpaired) electrons. The van der Waals surface area contributed by atoms with Gasteiger partial charge in [-0.15, -0.1) is 24.0 Å². The molecule has 5 nitrogen and oxygen atoms in total. The maximum Gasteiger partial charge on any atom is 0.191 e. The molecule has 0 aromatic heterocycles.